The Morgan fingerprint density at radius 2 is 2.14 bits per heavy atom. The third-order valence-corrected chi connectivity index (χ3v) is 4.59. The molecule has 5 heteroatoms. The highest BCUT2D eigenvalue weighted by atomic mass is 16.2. The first-order valence-corrected chi connectivity index (χ1v) is 7.99. The van der Waals surface area contributed by atoms with Crippen molar-refractivity contribution in [2.75, 3.05) is 38.0 Å². The number of amides is 1. The summed E-state index contributed by atoms with van der Waals surface area (Å²) in [5.74, 6) is 0.000559. The summed E-state index contributed by atoms with van der Waals surface area (Å²) in [5, 5.41) is 2.90. The van der Waals surface area contributed by atoms with Crippen molar-refractivity contribution in [3.05, 3.63) is 29.8 Å². The van der Waals surface area contributed by atoms with Gasteiger partial charge in [0.1, 0.15) is 0 Å². The predicted octanol–water partition coefficient (Wildman–Crippen LogP) is 1.61. The van der Waals surface area contributed by atoms with E-state index in [1.165, 1.54) is 26.3 Å². The van der Waals surface area contributed by atoms with Gasteiger partial charge in [0.2, 0.25) is 5.91 Å². The molecule has 0 spiro atoms. The van der Waals surface area contributed by atoms with Gasteiger partial charge in [-0.15, -0.1) is 0 Å². The van der Waals surface area contributed by atoms with Gasteiger partial charge >= 0.3 is 0 Å². The van der Waals surface area contributed by atoms with Gasteiger partial charge in [0, 0.05) is 36.9 Å². The van der Waals surface area contributed by atoms with E-state index in [9.17, 15) is 9.59 Å². The van der Waals surface area contributed by atoms with Crippen molar-refractivity contribution in [3.63, 3.8) is 0 Å². The van der Waals surface area contributed by atoms with Crippen molar-refractivity contribution in [3.8, 4) is 0 Å². The monoisotopic (exact) mass is 301 g/mol. The van der Waals surface area contributed by atoms with Crippen LogP contribution in [0.2, 0.25) is 0 Å². The van der Waals surface area contributed by atoms with Crippen LogP contribution in [0.15, 0.2) is 24.3 Å². The number of fused-ring (bicyclic) bond motifs is 1. The van der Waals surface area contributed by atoms with Crippen LogP contribution in [0.25, 0.3) is 0 Å². The summed E-state index contributed by atoms with van der Waals surface area (Å²) < 4.78 is 0. The Balaban J connectivity index is 1.54. The first-order valence-electron chi connectivity index (χ1n) is 7.99. The normalized spacial score (nSPS) is 22.3. The lowest BCUT2D eigenvalue weighted by Crippen LogP contribution is -2.51. The average molecular weight is 301 g/mol. The number of benzene rings is 1. The Kier molecular flexibility index (Phi) is 4.55. The Hall–Kier alpha value is -1.72. The van der Waals surface area contributed by atoms with Crippen molar-refractivity contribution in [1.29, 1.82) is 0 Å². The molecule has 2 aliphatic heterocycles. The number of nitrogens with one attached hydrogen (secondary N) is 1. The van der Waals surface area contributed by atoms with Crippen LogP contribution in [0.3, 0.4) is 0 Å². The van der Waals surface area contributed by atoms with Crippen LogP contribution in [0.1, 0.15) is 30.1 Å². The number of Topliss-reactive ketones (excluding diaryl/α,β-unsaturated/α-hetero) is 1. The predicted molar refractivity (Wildman–Crippen MR) is 86.1 cm³/mol. The van der Waals surface area contributed by atoms with E-state index in [-0.39, 0.29) is 11.7 Å². The molecule has 0 radical (unpaired) electrons. The molecule has 3 rings (SSSR count). The standard InChI is InChI=1S/C17H23N3O2/c1-13(21)14-4-2-5-15(10-14)18-17(22)12-19-8-9-20-7-3-6-16(20)11-19/h2,4-5,10,16H,3,6-9,11-12H2,1H3,(H,18,22). The lowest BCUT2D eigenvalue weighted by molar-refractivity contribution is -0.117. The molecule has 2 fully saturated rings. The summed E-state index contributed by atoms with van der Waals surface area (Å²) >= 11 is 0. The number of ketones is 1. The fraction of sp³-hybridized carbons (Fsp3) is 0.529. The molecule has 2 saturated heterocycles. The van der Waals surface area contributed by atoms with E-state index in [1.807, 2.05) is 6.07 Å². The van der Waals surface area contributed by atoms with Crippen LogP contribution >= 0.6 is 0 Å². The van der Waals surface area contributed by atoms with E-state index in [0.717, 1.165) is 19.6 Å². The molecule has 2 heterocycles. The van der Waals surface area contributed by atoms with E-state index >= 15 is 0 Å². The summed E-state index contributed by atoms with van der Waals surface area (Å²) in [6, 6.07) is 7.73. The smallest absolute Gasteiger partial charge is 0.238 e. The van der Waals surface area contributed by atoms with Crippen molar-refractivity contribution in [1.82, 2.24) is 9.80 Å². The summed E-state index contributed by atoms with van der Waals surface area (Å²) in [5.41, 5.74) is 1.31. The Bertz CT molecular complexity index is 573. The van der Waals surface area contributed by atoms with E-state index in [4.69, 9.17) is 0 Å². The second-order valence-electron chi connectivity index (χ2n) is 6.25. The number of anilines is 1. The number of nitrogens with zero attached hydrogens (tertiary/aromatic N) is 2. The van der Waals surface area contributed by atoms with E-state index in [0.29, 0.717) is 23.8 Å². The lowest BCUT2D eigenvalue weighted by atomic mass is 10.1. The number of hydrogen-bond donors (Lipinski definition) is 1. The third kappa shape index (κ3) is 3.54. The summed E-state index contributed by atoms with van der Waals surface area (Å²) in [6.07, 6.45) is 2.53. The van der Waals surface area contributed by atoms with E-state index in [1.54, 1.807) is 18.2 Å². The fourth-order valence-corrected chi connectivity index (χ4v) is 3.42. The van der Waals surface area contributed by atoms with Crippen molar-refractivity contribution >= 4 is 17.4 Å². The lowest BCUT2D eigenvalue weighted by Gasteiger charge is -2.37. The van der Waals surface area contributed by atoms with Crippen LogP contribution in [0.4, 0.5) is 5.69 Å². The molecule has 1 amide bonds. The summed E-state index contributed by atoms with van der Waals surface area (Å²) in [4.78, 5) is 28.3. The Labute approximate surface area is 131 Å². The summed E-state index contributed by atoms with van der Waals surface area (Å²) in [6.45, 7) is 6.18. The molecule has 0 saturated carbocycles. The zero-order valence-electron chi connectivity index (χ0n) is 13.0. The number of piperazine rings is 1. The topological polar surface area (TPSA) is 52.7 Å². The van der Waals surface area contributed by atoms with Gasteiger partial charge in [-0.25, -0.2) is 0 Å². The second-order valence-corrected chi connectivity index (χ2v) is 6.25. The molecule has 1 aromatic carbocycles. The molecule has 0 aromatic heterocycles. The molecule has 118 valence electrons. The molecule has 0 bridgehead atoms. The van der Waals surface area contributed by atoms with Crippen molar-refractivity contribution in [2.24, 2.45) is 0 Å². The van der Waals surface area contributed by atoms with Gasteiger partial charge in [-0.3, -0.25) is 19.4 Å². The van der Waals surface area contributed by atoms with E-state index in [2.05, 4.69) is 15.1 Å². The molecular weight excluding hydrogens is 278 g/mol. The molecule has 22 heavy (non-hydrogen) atoms. The SMILES string of the molecule is CC(=O)c1cccc(NC(=O)CN2CCN3CCCC3C2)c1. The number of hydrogen-bond acceptors (Lipinski definition) is 4. The zero-order valence-corrected chi connectivity index (χ0v) is 13.0. The number of carbonyl (C=O) groups is 2. The number of carbonyl (C=O) groups excluding carboxylic acids is 2. The zero-order chi connectivity index (χ0) is 15.5. The third-order valence-electron chi connectivity index (χ3n) is 4.59. The van der Waals surface area contributed by atoms with Crippen LogP contribution in [-0.4, -0.2) is 60.3 Å². The molecule has 5 nitrogen and oxygen atoms in total. The van der Waals surface area contributed by atoms with Gasteiger partial charge in [0.05, 0.1) is 6.54 Å². The molecule has 1 aromatic rings. The van der Waals surface area contributed by atoms with E-state index < -0.39 is 0 Å². The Morgan fingerprint density at radius 3 is 2.95 bits per heavy atom. The van der Waals surface area contributed by atoms with Gasteiger partial charge in [-0.2, -0.15) is 0 Å². The van der Waals surface area contributed by atoms with Crippen LogP contribution in [0, 0.1) is 0 Å². The quantitative estimate of drug-likeness (QED) is 0.859. The first-order chi connectivity index (χ1) is 10.6. The van der Waals surface area contributed by atoms with Gasteiger partial charge in [-0.1, -0.05) is 12.1 Å². The minimum absolute atomic E-state index is 0.00727. The minimum atomic E-state index is -0.00727. The van der Waals surface area contributed by atoms with Gasteiger partial charge < -0.3 is 5.32 Å². The molecule has 1 unspecified atom stereocenters. The maximum atomic E-state index is 12.2. The van der Waals surface area contributed by atoms with Crippen molar-refractivity contribution < 1.29 is 9.59 Å². The maximum Gasteiger partial charge on any atom is 0.238 e. The molecule has 2 aliphatic rings. The second kappa shape index (κ2) is 6.58. The number of rotatable bonds is 4. The van der Waals surface area contributed by atoms with Crippen LogP contribution in [-0.2, 0) is 4.79 Å². The molecule has 0 aliphatic carbocycles. The highest BCUT2D eigenvalue weighted by molar-refractivity contribution is 5.97. The minimum Gasteiger partial charge on any atom is -0.325 e. The fourth-order valence-electron chi connectivity index (χ4n) is 3.42. The van der Waals surface area contributed by atoms with Gasteiger partial charge in [-0.05, 0) is 38.4 Å². The average Bonchev–Trinajstić information content (AvgIpc) is 2.95. The Morgan fingerprint density at radius 1 is 1.27 bits per heavy atom. The largest absolute Gasteiger partial charge is 0.325 e. The van der Waals surface area contributed by atoms with Crippen LogP contribution < -0.4 is 5.32 Å². The summed E-state index contributed by atoms with van der Waals surface area (Å²) in [7, 11) is 0. The highest BCUT2D eigenvalue weighted by Gasteiger charge is 2.30. The molecular formula is C17H23N3O2. The van der Waals surface area contributed by atoms with Crippen molar-refractivity contribution in [2.45, 2.75) is 25.8 Å². The first kappa shape index (κ1) is 15.2. The van der Waals surface area contributed by atoms with Crippen LogP contribution in [0.5, 0.6) is 0 Å². The highest BCUT2D eigenvalue weighted by Crippen LogP contribution is 2.21. The van der Waals surface area contributed by atoms with Gasteiger partial charge in [0.15, 0.2) is 5.78 Å². The van der Waals surface area contributed by atoms with Gasteiger partial charge in [0.25, 0.3) is 0 Å². The maximum absolute atomic E-state index is 12.2. The molecule has 1 atom stereocenters. The molecule has 1 N–H and O–H groups in total.